The molecule has 1 saturated heterocycles. The molecule has 2 aliphatic rings. The standard InChI is InChI=1S/C18H17N3O5S2/c22-16-13-4-3-12(10-14(13)17(23)20-16)28(25,26)21-7-5-11(6-8-21)19-18(24)15-2-1-9-27-15/h1-4,9-11H,5-8H2,(H,19,24)(H,20,22,23). The number of piperidine rings is 1. The van der Waals surface area contributed by atoms with E-state index in [0.717, 1.165) is 0 Å². The quantitative estimate of drug-likeness (QED) is 0.724. The van der Waals surface area contributed by atoms with E-state index in [0.29, 0.717) is 17.7 Å². The molecule has 1 aromatic heterocycles. The molecule has 1 aromatic carbocycles. The summed E-state index contributed by atoms with van der Waals surface area (Å²) in [6.07, 6.45) is 1.00. The van der Waals surface area contributed by atoms with E-state index >= 15 is 0 Å². The number of hydrogen-bond acceptors (Lipinski definition) is 6. The molecule has 3 amide bonds. The van der Waals surface area contributed by atoms with Gasteiger partial charge in [0, 0.05) is 19.1 Å². The fourth-order valence-electron chi connectivity index (χ4n) is 3.36. The first kappa shape index (κ1) is 18.8. The Bertz CT molecular complexity index is 1050. The van der Waals surface area contributed by atoms with Gasteiger partial charge in [-0.2, -0.15) is 4.31 Å². The number of carbonyl (C=O) groups is 3. The summed E-state index contributed by atoms with van der Waals surface area (Å²) in [6.45, 7) is 0.528. The summed E-state index contributed by atoms with van der Waals surface area (Å²) in [6, 6.07) is 7.40. The van der Waals surface area contributed by atoms with Crippen LogP contribution in [0.5, 0.6) is 0 Å². The fraction of sp³-hybridized carbons (Fsp3) is 0.278. The van der Waals surface area contributed by atoms with Gasteiger partial charge in [-0.05, 0) is 42.5 Å². The van der Waals surface area contributed by atoms with Crippen molar-refractivity contribution in [3.8, 4) is 0 Å². The number of thiophene rings is 1. The van der Waals surface area contributed by atoms with E-state index in [-0.39, 0.29) is 41.1 Å². The van der Waals surface area contributed by atoms with Crippen LogP contribution < -0.4 is 10.6 Å². The van der Waals surface area contributed by atoms with Crippen molar-refractivity contribution >= 4 is 39.1 Å². The molecule has 1 fully saturated rings. The van der Waals surface area contributed by atoms with Crippen molar-refractivity contribution in [3.05, 3.63) is 51.7 Å². The lowest BCUT2D eigenvalue weighted by Crippen LogP contribution is -2.46. The van der Waals surface area contributed by atoms with E-state index in [4.69, 9.17) is 0 Å². The SMILES string of the molecule is O=C(NC1CCN(S(=O)(=O)c2ccc3c(c2)C(=O)NC3=O)CC1)c1cccs1. The van der Waals surface area contributed by atoms with Crippen LogP contribution in [0.15, 0.2) is 40.6 Å². The maximum atomic E-state index is 12.9. The van der Waals surface area contributed by atoms with Crippen molar-refractivity contribution in [1.29, 1.82) is 0 Å². The van der Waals surface area contributed by atoms with Gasteiger partial charge in [0.2, 0.25) is 10.0 Å². The summed E-state index contributed by atoms with van der Waals surface area (Å²) in [5.41, 5.74) is 0.253. The normalized spacial score (nSPS) is 18.0. The molecule has 146 valence electrons. The molecule has 0 atom stereocenters. The molecule has 0 saturated carbocycles. The molecule has 10 heteroatoms. The summed E-state index contributed by atoms with van der Waals surface area (Å²) < 4.78 is 27.2. The zero-order valence-corrected chi connectivity index (χ0v) is 16.3. The zero-order valence-electron chi connectivity index (χ0n) is 14.7. The highest BCUT2D eigenvalue weighted by Crippen LogP contribution is 2.25. The van der Waals surface area contributed by atoms with Gasteiger partial charge in [-0.25, -0.2) is 8.42 Å². The fourth-order valence-corrected chi connectivity index (χ4v) is 5.48. The van der Waals surface area contributed by atoms with Gasteiger partial charge in [0.25, 0.3) is 17.7 Å². The smallest absolute Gasteiger partial charge is 0.261 e. The molecule has 0 aliphatic carbocycles. The number of benzene rings is 1. The van der Waals surface area contributed by atoms with E-state index < -0.39 is 21.8 Å². The van der Waals surface area contributed by atoms with Crippen LogP contribution in [0.2, 0.25) is 0 Å². The Hall–Kier alpha value is -2.56. The van der Waals surface area contributed by atoms with Gasteiger partial charge in [0.15, 0.2) is 0 Å². The number of fused-ring (bicyclic) bond motifs is 1. The second kappa shape index (κ2) is 7.12. The number of rotatable bonds is 4. The van der Waals surface area contributed by atoms with Gasteiger partial charge in [-0.3, -0.25) is 19.7 Å². The predicted molar refractivity (Wildman–Crippen MR) is 102 cm³/mol. The maximum absolute atomic E-state index is 12.9. The second-order valence-corrected chi connectivity index (χ2v) is 9.51. The Morgan fingerprint density at radius 3 is 2.50 bits per heavy atom. The minimum absolute atomic E-state index is 0.0165. The van der Waals surface area contributed by atoms with E-state index in [1.54, 1.807) is 12.1 Å². The van der Waals surface area contributed by atoms with Crippen LogP contribution in [0.3, 0.4) is 0 Å². The maximum Gasteiger partial charge on any atom is 0.261 e. The van der Waals surface area contributed by atoms with Crippen LogP contribution in [0.25, 0.3) is 0 Å². The first-order valence-electron chi connectivity index (χ1n) is 8.70. The third kappa shape index (κ3) is 3.34. The minimum atomic E-state index is -3.79. The summed E-state index contributed by atoms with van der Waals surface area (Å²) >= 11 is 1.36. The molecule has 0 unspecified atom stereocenters. The summed E-state index contributed by atoms with van der Waals surface area (Å²) in [7, 11) is -3.79. The van der Waals surface area contributed by atoms with Crippen molar-refractivity contribution < 1.29 is 22.8 Å². The molecule has 0 spiro atoms. The highest BCUT2D eigenvalue weighted by atomic mass is 32.2. The zero-order chi connectivity index (χ0) is 19.9. The minimum Gasteiger partial charge on any atom is -0.349 e. The number of imide groups is 1. The van der Waals surface area contributed by atoms with Gasteiger partial charge in [-0.1, -0.05) is 6.07 Å². The van der Waals surface area contributed by atoms with Crippen molar-refractivity contribution in [3.63, 3.8) is 0 Å². The first-order valence-corrected chi connectivity index (χ1v) is 11.0. The Morgan fingerprint density at radius 2 is 1.82 bits per heavy atom. The lowest BCUT2D eigenvalue weighted by molar-refractivity contribution is 0.0876. The van der Waals surface area contributed by atoms with E-state index in [1.807, 2.05) is 5.38 Å². The Balaban J connectivity index is 1.44. The van der Waals surface area contributed by atoms with E-state index in [2.05, 4.69) is 10.6 Å². The van der Waals surface area contributed by atoms with Crippen LogP contribution in [0.4, 0.5) is 0 Å². The molecule has 3 heterocycles. The van der Waals surface area contributed by atoms with E-state index in [1.165, 1.54) is 33.8 Å². The lowest BCUT2D eigenvalue weighted by Gasteiger charge is -2.31. The Morgan fingerprint density at radius 1 is 1.11 bits per heavy atom. The number of sulfonamides is 1. The number of carbonyl (C=O) groups excluding carboxylic acids is 3. The summed E-state index contributed by atoms with van der Waals surface area (Å²) in [5, 5.41) is 6.92. The highest BCUT2D eigenvalue weighted by molar-refractivity contribution is 7.89. The second-order valence-electron chi connectivity index (χ2n) is 6.62. The number of amides is 3. The molecule has 4 rings (SSSR count). The predicted octanol–water partition coefficient (Wildman–Crippen LogP) is 1.21. The monoisotopic (exact) mass is 419 g/mol. The molecular formula is C18H17N3O5S2. The van der Waals surface area contributed by atoms with Gasteiger partial charge in [-0.15, -0.1) is 11.3 Å². The highest BCUT2D eigenvalue weighted by Gasteiger charge is 2.33. The number of nitrogens with zero attached hydrogens (tertiary/aromatic N) is 1. The van der Waals surface area contributed by atoms with Crippen LogP contribution >= 0.6 is 11.3 Å². The van der Waals surface area contributed by atoms with Crippen molar-refractivity contribution in [1.82, 2.24) is 14.9 Å². The number of nitrogens with one attached hydrogen (secondary N) is 2. The first-order chi connectivity index (χ1) is 13.4. The lowest BCUT2D eigenvalue weighted by atomic mass is 10.1. The Labute approximate surface area is 165 Å². The third-order valence-corrected chi connectivity index (χ3v) is 7.64. The van der Waals surface area contributed by atoms with Crippen LogP contribution in [0, 0.1) is 0 Å². The topological polar surface area (TPSA) is 113 Å². The average molecular weight is 419 g/mol. The van der Waals surface area contributed by atoms with Crippen molar-refractivity contribution in [2.45, 2.75) is 23.8 Å². The van der Waals surface area contributed by atoms with Crippen LogP contribution in [-0.2, 0) is 10.0 Å². The summed E-state index contributed by atoms with van der Waals surface area (Å²) in [5.74, 6) is -1.26. The molecule has 28 heavy (non-hydrogen) atoms. The molecule has 0 radical (unpaired) electrons. The van der Waals surface area contributed by atoms with Gasteiger partial charge in [0.05, 0.1) is 20.9 Å². The molecule has 2 aliphatic heterocycles. The average Bonchev–Trinajstić information content (AvgIpc) is 3.31. The van der Waals surface area contributed by atoms with Gasteiger partial charge in [0.1, 0.15) is 0 Å². The molecule has 2 N–H and O–H groups in total. The largest absolute Gasteiger partial charge is 0.349 e. The summed E-state index contributed by atoms with van der Waals surface area (Å²) in [4.78, 5) is 36.2. The van der Waals surface area contributed by atoms with Crippen molar-refractivity contribution in [2.24, 2.45) is 0 Å². The van der Waals surface area contributed by atoms with Gasteiger partial charge >= 0.3 is 0 Å². The third-order valence-electron chi connectivity index (χ3n) is 4.88. The van der Waals surface area contributed by atoms with Gasteiger partial charge < -0.3 is 5.32 Å². The Kier molecular flexibility index (Phi) is 4.77. The number of hydrogen-bond donors (Lipinski definition) is 2. The molecule has 0 bridgehead atoms. The molecular weight excluding hydrogens is 402 g/mol. The molecule has 8 nitrogen and oxygen atoms in total. The van der Waals surface area contributed by atoms with Crippen molar-refractivity contribution in [2.75, 3.05) is 13.1 Å². The van der Waals surface area contributed by atoms with Crippen LogP contribution in [0.1, 0.15) is 43.2 Å². The van der Waals surface area contributed by atoms with Crippen LogP contribution in [-0.4, -0.2) is 49.6 Å². The van der Waals surface area contributed by atoms with E-state index in [9.17, 15) is 22.8 Å². The molecule has 2 aromatic rings.